The maximum absolute atomic E-state index is 12.4. The normalized spacial score (nSPS) is 11.2. The Balaban J connectivity index is 1.28. The summed E-state index contributed by atoms with van der Waals surface area (Å²) in [6, 6.07) is 33.0. The van der Waals surface area contributed by atoms with Crippen molar-refractivity contribution in [1.29, 1.82) is 0 Å². The Hall–Kier alpha value is -3.57. The van der Waals surface area contributed by atoms with Gasteiger partial charge in [-0.15, -0.1) is 0 Å². The third-order valence-electron chi connectivity index (χ3n) is 5.69. The van der Waals surface area contributed by atoms with Gasteiger partial charge >= 0.3 is 10.1 Å². The zero-order chi connectivity index (χ0) is 24.5. The van der Waals surface area contributed by atoms with E-state index in [1.54, 1.807) is 18.2 Å². The molecule has 0 aliphatic heterocycles. The van der Waals surface area contributed by atoms with Crippen LogP contribution in [-0.2, 0) is 35.3 Å². The Morgan fingerprint density at radius 3 is 2.17 bits per heavy atom. The third-order valence-corrected chi connectivity index (χ3v) is 6.83. The van der Waals surface area contributed by atoms with Gasteiger partial charge in [-0.05, 0) is 66.6 Å². The lowest BCUT2D eigenvalue weighted by atomic mass is 10.0. The molecule has 0 heterocycles. The molecule has 0 saturated heterocycles. The summed E-state index contributed by atoms with van der Waals surface area (Å²) in [5.74, 6) is 1.10. The van der Waals surface area contributed by atoms with Gasteiger partial charge in [-0.25, -0.2) is 0 Å². The molecular formula is C30H30O4S. The van der Waals surface area contributed by atoms with Gasteiger partial charge in [0.1, 0.15) is 23.9 Å². The molecule has 0 saturated carbocycles. The van der Waals surface area contributed by atoms with Crippen LogP contribution < -0.4 is 8.92 Å². The van der Waals surface area contributed by atoms with Crippen LogP contribution in [0.15, 0.2) is 103 Å². The average Bonchev–Trinajstić information content (AvgIpc) is 2.85. The smallest absolute Gasteiger partial charge is 0.313 e. The first kappa shape index (κ1) is 24.6. The molecule has 0 radical (unpaired) electrons. The minimum absolute atomic E-state index is 0.151. The number of ether oxygens (including phenoxy) is 1. The number of rotatable bonds is 11. The quantitative estimate of drug-likeness (QED) is 0.223. The first-order chi connectivity index (χ1) is 17.0. The SMILES string of the molecule is Cc1cccc(CS(=O)(=O)Oc2ccc(CCCc3ccccc3OCc3ccccc3)cc2)c1. The van der Waals surface area contributed by atoms with Crippen LogP contribution in [0.25, 0.3) is 0 Å². The largest absolute Gasteiger partial charge is 0.489 e. The lowest BCUT2D eigenvalue weighted by molar-refractivity contribution is 0.302. The van der Waals surface area contributed by atoms with Crippen molar-refractivity contribution < 1.29 is 17.3 Å². The summed E-state index contributed by atoms with van der Waals surface area (Å²) >= 11 is 0. The molecule has 180 valence electrons. The predicted octanol–water partition coefficient (Wildman–Crippen LogP) is 6.66. The minimum atomic E-state index is -3.71. The Labute approximate surface area is 208 Å². The summed E-state index contributed by atoms with van der Waals surface area (Å²) in [5, 5.41) is 0. The van der Waals surface area contributed by atoms with Crippen molar-refractivity contribution in [2.24, 2.45) is 0 Å². The van der Waals surface area contributed by atoms with Gasteiger partial charge in [-0.1, -0.05) is 90.5 Å². The van der Waals surface area contributed by atoms with E-state index in [2.05, 4.69) is 18.2 Å². The van der Waals surface area contributed by atoms with E-state index in [1.165, 1.54) is 5.56 Å². The standard InChI is InChI=1S/C30H30O4S/c1-24-9-7-13-27(21-24)23-35(31,32)34-29-19-17-25(18-20-29)12-8-15-28-14-5-6-16-30(28)33-22-26-10-3-2-4-11-26/h2-7,9-11,13-14,16-21H,8,12,15,22-23H2,1H3. The Bertz CT molecular complexity index is 1330. The van der Waals surface area contributed by atoms with E-state index in [0.717, 1.165) is 47.3 Å². The van der Waals surface area contributed by atoms with Crippen molar-refractivity contribution in [2.45, 2.75) is 38.5 Å². The fourth-order valence-electron chi connectivity index (χ4n) is 3.96. The number of hydrogen-bond donors (Lipinski definition) is 0. The Morgan fingerprint density at radius 1 is 0.686 bits per heavy atom. The molecule has 0 atom stereocenters. The molecule has 4 aromatic carbocycles. The second-order valence-electron chi connectivity index (χ2n) is 8.65. The Kier molecular flexibility index (Phi) is 8.22. The van der Waals surface area contributed by atoms with E-state index >= 15 is 0 Å². The number of aryl methyl sites for hydroxylation is 3. The maximum Gasteiger partial charge on any atom is 0.313 e. The van der Waals surface area contributed by atoms with Crippen molar-refractivity contribution in [3.63, 3.8) is 0 Å². The molecule has 35 heavy (non-hydrogen) atoms. The molecule has 4 rings (SSSR count). The zero-order valence-electron chi connectivity index (χ0n) is 19.9. The molecule has 0 unspecified atom stereocenters. The molecule has 4 nitrogen and oxygen atoms in total. The van der Waals surface area contributed by atoms with Crippen LogP contribution in [0, 0.1) is 6.92 Å². The maximum atomic E-state index is 12.4. The van der Waals surface area contributed by atoms with Crippen molar-refractivity contribution in [2.75, 3.05) is 0 Å². The fourth-order valence-corrected chi connectivity index (χ4v) is 5.01. The monoisotopic (exact) mass is 486 g/mol. The van der Waals surface area contributed by atoms with Crippen LogP contribution in [0.1, 0.15) is 34.2 Å². The molecule has 5 heteroatoms. The number of hydrogen-bond acceptors (Lipinski definition) is 4. The highest BCUT2D eigenvalue weighted by Crippen LogP contribution is 2.23. The van der Waals surface area contributed by atoms with Crippen LogP contribution in [0.3, 0.4) is 0 Å². The van der Waals surface area contributed by atoms with Crippen molar-refractivity contribution in [3.05, 3.63) is 131 Å². The van der Waals surface area contributed by atoms with Gasteiger partial charge < -0.3 is 8.92 Å². The van der Waals surface area contributed by atoms with Gasteiger partial charge in [0.05, 0.1) is 0 Å². The van der Waals surface area contributed by atoms with E-state index < -0.39 is 10.1 Å². The lowest BCUT2D eigenvalue weighted by Crippen LogP contribution is -2.12. The van der Waals surface area contributed by atoms with Crippen LogP contribution in [-0.4, -0.2) is 8.42 Å². The van der Waals surface area contributed by atoms with E-state index in [9.17, 15) is 8.42 Å². The molecule has 0 fully saturated rings. The highest BCUT2D eigenvalue weighted by atomic mass is 32.2. The van der Waals surface area contributed by atoms with Gasteiger partial charge in [0, 0.05) is 0 Å². The van der Waals surface area contributed by atoms with E-state index in [1.807, 2.05) is 73.7 Å². The molecule has 4 aromatic rings. The summed E-state index contributed by atoms with van der Waals surface area (Å²) in [6.07, 6.45) is 2.73. The second kappa shape index (κ2) is 11.7. The van der Waals surface area contributed by atoms with Gasteiger partial charge in [0.15, 0.2) is 0 Å². The number of benzene rings is 4. The van der Waals surface area contributed by atoms with Crippen LogP contribution in [0.5, 0.6) is 11.5 Å². The summed E-state index contributed by atoms with van der Waals surface area (Å²) in [4.78, 5) is 0. The molecule has 0 spiro atoms. The summed E-state index contributed by atoms with van der Waals surface area (Å²) in [6.45, 7) is 2.48. The Morgan fingerprint density at radius 2 is 1.40 bits per heavy atom. The third kappa shape index (κ3) is 7.72. The fraction of sp³-hybridized carbons (Fsp3) is 0.200. The molecule has 0 aromatic heterocycles. The van der Waals surface area contributed by atoms with Crippen molar-refractivity contribution in [1.82, 2.24) is 0 Å². The van der Waals surface area contributed by atoms with Gasteiger partial charge in [0.25, 0.3) is 0 Å². The van der Waals surface area contributed by atoms with Crippen LogP contribution >= 0.6 is 0 Å². The summed E-state index contributed by atoms with van der Waals surface area (Å²) < 4.78 is 36.2. The first-order valence-corrected chi connectivity index (χ1v) is 13.4. The average molecular weight is 487 g/mol. The molecule has 0 amide bonds. The van der Waals surface area contributed by atoms with Gasteiger partial charge in [0.2, 0.25) is 0 Å². The van der Waals surface area contributed by atoms with Crippen LogP contribution in [0.2, 0.25) is 0 Å². The lowest BCUT2D eigenvalue weighted by Gasteiger charge is -2.12. The molecular weight excluding hydrogens is 456 g/mol. The van der Waals surface area contributed by atoms with Gasteiger partial charge in [-0.2, -0.15) is 8.42 Å². The molecule has 0 N–H and O–H groups in total. The summed E-state index contributed by atoms with van der Waals surface area (Å²) in [5.41, 5.74) is 5.20. The first-order valence-electron chi connectivity index (χ1n) is 11.8. The van der Waals surface area contributed by atoms with E-state index in [4.69, 9.17) is 8.92 Å². The van der Waals surface area contributed by atoms with E-state index in [-0.39, 0.29) is 5.75 Å². The second-order valence-corrected chi connectivity index (χ2v) is 10.2. The summed E-state index contributed by atoms with van der Waals surface area (Å²) in [7, 11) is -3.71. The van der Waals surface area contributed by atoms with Gasteiger partial charge in [-0.3, -0.25) is 0 Å². The molecule has 0 bridgehead atoms. The minimum Gasteiger partial charge on any atom is -0.489 e. The van der Waals surface area contributed by atoms with E-state index in [0.29, 0.717) is 12.4 Å². The predicted molar refractivity (Wildman–Crippen MR) is 140 cm³/mol. The van der Waals surface area contributed by atoms with Crippen LogP contribution in [0.4, 0.5) is 0 Å². The topological polar surface area (TPSA) is 52.6 Å². The highest BCUT2D eigenvalue weighted by molar-refractivity contribution is 7.86. The van der Waals surface area contributed by atoms with Crippen molar-refractivity contribution in [3.8, 4) is 11.5 Å². The zero-order valence-corrected chi connectivity index (χ0v) is 20.7. The molecule has 0 aliphatic carbocycles. The number of para-hydroxylation sites is 1. The highest BCUT2D eigenvalue weighted by Gasteiger charge is 2.14. The van der Waals surface area contributed by atoms with Crippen molar-refractivity contribution >= 4 is 10.1 Å². The molecule has 0 aliphatic rings.